The maximum absolute atomic E-state index is 13.6. The fourth-order valence-corrected chi connectivity index (χ4v) is 2.93. The number of alkyl halides is 1. The molecule has 2 aromatic rings. The number of rotatable bonds is 4. The number of para-hydroxylation sites is 2. The van der Waals surface area contributed by atoms with E-state index in [0.29, 0.717) is 22.5 Å². The van der Waals surface area contributed by atoms with Gasteiger partial charge in [-0.25, -0.2) is 9.38 Å². The van der Waals surface area contributed by atoms with Crippen LogP contribution in [0.15, 0.2) is 52.4 Å². The van der Waals surface area contributed by atoms with E-state index in [2.05, 4.69) is 15.0 Å². The van der Waals surface area contributed by atoms with Crippen LogP contribution in [0.2, 0.25) is 5.02 Å². The molecule has 126 valence electrons. The van der Waals surface area contributed by atoms with Crippen molar-refractivity contribution in [2.75, 3.05) is 11.9 Å². The second-order valence-corrected chi connectivity index (χ2v) is 7.13. The van der Waals surface area contributed by atoms with Crippen LogP contribution in [0.25, 0.3) is 0 Å². The number of hydrogen-bond acceptors (Lipinski definition) is 3. The van der Waals surface area contributed by atoms with Crippen LogP contribution in [0.4, 0.5) is 10.1 Å². The lowest BCUT2D eigenvalue weighted by atomic mass is 10.2. The highest BCUT2D eigenvalue weighted by molar-refractivity contribution is 7.98. The Morgan fingerprint density at radius 3 is 2.67 bits per heavy atom. The van der Waals surface area contributed by atoms with E-state index in [1.54, 1.807) is 12.1 Å². The molecule has 0 saturated heterocycles. The Morgan fingerprint density at radius 2 is 1.92 bits per heavy atom. The molecule has 0 fully saturated rings. The van der Waals surface area contributed by atoms with E-state index in [1.165, 1.54) is 25.8 Å². The third-order valence-electron chi connectivity index (χ3n) is 3.16. The number of hydrogen-bond donors (Lipinski definition) is 2. The third kappa shape index (κ3) is 4.13. The van der Waals surface area contributed by atoms with Crippen molar-refractivity contribution in [2.24, 2.45) is 4.99 Å². The highest BCUT2D eigenvalue weighted by atomic mass is 35.5. The molecule has 1 aliphatic heterocycles. The van der Waals surface area contributed by atoms with Crippen LogP contribution in [-0.2, 0) is 0 Å². The van der Waals surface area contributed by atoms with Gasteiger partial charge in [-0.3, -0.25) is 4.72 Å². The summed E-state index contributed by atoms with van der Waals surface area (Å²) in [6.45, 7) is 3.05. The molecule has 0 saturated carbocycles. The molecule has 0 bridgehead atoms. The molecule has 1 aliphatic rings. The number of ether oxygens (including phenoxy) is 1. The zero-order valence-corrected chi connectivity index (χ0v) is 14.8. The Bertz CT molecular complexity index is 777. The lowest BCUT2D eigenvalue weighted by Crippen LogP contribution is -2.31. The normalized spacial score (nSPS) is 15.4. The molecule has 24 heavy (non-hydrogen) atoms. The molecule has 0 atom stereocenters. The summed E-state index contributed by atoms with van der Waals surface area (Å²) in [6.07, 6.45) is 0. The monoisotopic (exact) mass is 365 g/mol. The van der Waals surface area contributed by atoms with E-state index in [0.717, 1.165) is 10.6 Å². The van der Waals surface area contributed by atoms with E-state index in [4.69, 9.17) is 16.3 Å². The van der Waals surface area contributed by atoms with Crippen molar-refractivity contribution in [3.63, 3.8) is 0 Å². The molecule has 2 N–H and O–H groups in total. The zero-order valence-electron chi connectivity index (χ0n) is 13.3. The number of nitrogens with one attached hydrogen (secondary N) is 2. The molecule has 7 heteroatoms. The molecular formula is C17H17ClFN3OS. The SMILES string of the molecule is CC(C)(F)CN=C1NSc2cccc(Oc3ccccc3Cl)c2N1. The summed E-state index contributed by atoms with van der Waals surface area (Å²) in [5.74, 6) is 1.69. The number of anilines is 1. The minimum absolute atomic E-state index is 0.0613. The first-order valence-electron chi connectivity index (χ1n) is 7.41. The number of halogens is 2. The van der Waals surface area contributed by atoms with Crippen LogP contribution in [0.5, 0.6) is 11.5 Å². The second-order valence-electron chi connectivity index (χ2n) is 5.87. The molecular weight excluding hydrogens is 349 g/mol. The first-order chi connectivity index (χ1) is 11.4. The Balaban J connectivity index is 1.86. The van der Waals surface area contributed by atoms with Crippen molar-refractivity contribution < 1.29 is 9.13 Å². The summed E-state index contributed by atoms with van der Waals surface area (Å²) in [5.41, 5.74) is -0.592. The Morgan fingerprint density at radius 1 is 1.17 bits per heavy atom. The van der Waals surface area contributed by atoms with Gasteiger partial charge in [-0.05, 0) is 50.1 Å². The van der Waals surface area contributed by atoms with Crippen LogP contribution < -0.4 is 14.8 Å². The Kier molecular flexibility index (Phi) is 4.87. The van der Waals surface area contributed by atoms with Gasteiger partial charge in [-0.2, -0.15) is 0 Å². The smallest absolute Gasteiger partial charge is 0.206 e. The molecule has 0 unspecified atom stereocenters. The third-order valence-corrected chi connectivity index (χ3v) is 4.33. The van der Waals surface area contributed by atoms with Crippen molar-refractivity contribution in [3.05, 3.63) is 47.5 Å². The van der Waals surface area contributed by atoms with Crippen molar-refractivity contribution >= 4 is 35.2 Å². The summed E-state index contributed by atoms with van der Waals surface area (Å²) in [5, 5.41) is 3.69. The fourth-order valence-electron chi connectivity index (χ4n) is 2.04. The van der Waals surface area contributed by atoms with Crippen molar-refractivity contribution in [1.29, 1.82) is 0 Å². The number of guanidine groups is 1. The molecule has 0 radical (unpaired) electrons. The second kappa shape index (κ2) is 6.91. The summed E-state index contributed by atoms with van der Waals surface area (Å²) in [6, 6.07) is 13.0. The highest BCUT2D eigenvalue weighted by Gasteiger charge is 2.20. The number of benzene rings is 2. The quantitative estimate of drug-likeness (QED) is 0.725. The van der Waals surface area contributed by atoms with Crippen molar-refractivity contribution in [2.45, 2.75) is 24.4 Å². The average Bonchev–Trinajstić information content (AvgIpc) is 2.55. The fraction of sp³-hybridized carbons (Fsp3) is 0.235. The Labute approximate surface area is 149 Å². The van der Waals surface area contributed by atoms with Crippen LogP contribution in [0.3, 0.4) is 0 Å². The zero-order chi connectivity index (χ0) is 17.2. The number of aliphatic imine (C=N–C) groups is 1. The molecule has 3 rings (SSSR count). The first kappa shape index (κ1) is 16.9. The van der Waals surface area contributed by atoms with E-state index >= 15 is 0 Å². The molecule has 4 nitrogen and oxygen atoms in total. The maximum Gasteiger partial charge on any atom is 0.206 e. The average molecular weight is 366 g/mol. The van der Waals surface area contributed by atoms with Crippen LogP contribution in [-0.4, -0.2) is 18.2 Å². The molecule has 2 aromatic carbocycles. The predicted octanol–water partition coefficient (Wildman–Crippen LogP) is 5.26. The summed E-state index contributed by atoms with van der Waals surface area (Å²) < 4.78 is 22.6. The van der Waals surface area contributed by atoms with Gasteiger partial charge in [-0.15, -0.1) is 0 Å². The van der Waals surface area contributed by atoms with Gasteiger partial charge < -0.3 is 10.1 Å². The maximum atomic E-state index is 13.6. The molecule has 0 aromatic heterocycles. The predicted molar refractivity (Wildman–Crippen MR) is 98.1 cm³/mol. The number of nitrogens with zero attached hydrogens (tertiary/aromatic N) is 1. The van der Waals surface area contributed by atoms with Gasteiger partial charge in [0.05, 0.1) is 22.2 Å². The molecule has 1 heterocycles. The topological polar surface area (TPSA) is 45.7 Å². The summed E-state index contributed by atoms with van der Waals surface area (Å²) in [4.78, 5) is 5.19. The van der Waals surface area contributed by atoms with E-state index < -0.39 is 5.67 Å². The minimum Gasteiger partial charge on any atom is -0.454 e. The van der Waals surface area contributed by atoms with Crippen molar-refractivity contribution in [1.82, 2.24) is 4.72 Å². The lowest BCUT2D eigenvalue weighted by Gasteiger charge is -2.23. The summed E-state index contributed by atoms with van der Waals surface area (Å²) >= 11 is 7.56. The van der Waals surface area contributed by atoms with Crippen molar-refractivity contribution in [3.8, 4) is 11.5 Å². The van der Waals surface area contributed by atoms with Crippen LogP contribution >= 0.6 is 23.5 Å². The van der Waals surface area contributed by atoms with E-state index in [9.17, 15) is 4.39 Å². The van der Waals surface area contributed by atoms with Gasteiger partial charge in [0, 0.05) is 0 Å². The van der Waals surface area contributed by atoms with Crippen LogP contribution in [0, 0.1) is 0 Å². The largest absolute Gasteiger partial charge is 0.454 e. The highest BCUT2D eigenvalue weighted by Crippen LogP contribution is 2.40. The van der Waals surface area contributed by atoms with Gasteiger partial charge in [-0.1, -0.05) is 29.8 Å². The number of fused-ring (bicyclic) bond motifs is 1. The molecule has 0 amide bonds. The van der Waals surface area contributed by atoms with Gasteiger partial charge in [0.15, 0.2) is 5.75 Å². The van der Waals surface area contributed by atoms with E-state index in [1.807, 2.05) is 30.3 Å². The van der Waals surface area contributed by atoms with Gasteiger partial charge in [0.25, 0.3) is 0 Å². The van der Waals surface area contributed by atoms with Crippen LogP contribution in [0.1, 0.15) is 13.8 Å². The minimum atomic E-state index is -1.37. The lowest BCUT2D eigenvalue weighted by molar-refractivity contribution is 0.229. The van der Waals surface area contributed by atoms with Gasteiger partial charge in [0.1, 0.15) is 11.4 Å². The Hall–Kier alpha value is -1.92. The molecule has 0 spiro atoms. The first-order valence-corrected chi connectivity index (χ1v) is 8.60. The van der Waals surface area contributed by atoms with Gasteiger partial charge >= 0.3 is 0 Å². The standard InChI is InChI=1S/C17H17ClFN3OS/c1-17(2,19)10-20-16-21-15-13(8-5-9-14(15)24-22-16)23-12-7-4-3-6-11(12)18/h3-9H,10H2,1-2H3,(H2,20,21,22). The molecule has 0 aliphatic carbocycles. The van der Waals surface area contributed by atoms with E-state index in [-0.39, 0.29) is 6.54 Å². The summed E-state index contributed by atoms with van der Waals surface area (Å²) in [7, 11) is 0. The van der Waals surface area contributed by atoms with Gasteiger partial charge in [0.2, 0.25) is 5.96 Å².